The number of nitrogens with one attached hydrogen (secondary N) is 1. The minimum absolute atomic E-state index is 0.266. The van der Waals surface area contributed by atoms with Crippen LogP contribution in [0.2, 0.25) is 5.02 Å². The smallest absolute Gasteiger partial charge is 0.232 e. The van der Waals surface area contributed by atoms with E-state index >= 15 is 0 Å². The summed E-state index contributed by atoms with van der Waals surface area (Å²) < 4.78 is 16.1. The number of benzene rings is 1. The molecule has 146 valence electrons. The van der Waals surface area contributed by atoms with Gasteiger partial charge in [0.25, 0.3) is 0 Å². The molecule has 2 aliphatic rings. The van der Waals surface area contributed by atoms with Crippen molar-refractivity contribution in [1.29, 1.82) is 0 Å². The molecule has 7 heteroatoms. The van der Waals surface area contributed by atoms with Crippen molar-refractivity contribution in [3.05, 3.63) is 45.6 Å². The molecule has 3 aromatic rings. The Kier molecular flexibility index (Phi) is 4.09. The summed E-state index contributed by atoms with van der Waals surface area (Å²) in [5.74, 6) is 2.96. The van der Waals surface area contributed by atoms with Crippen LogP contribution in [0.5, 0.6) is 0 Å². The number of aryl methyl sites for hydroxylation is 2. The Balaban J connectivity index is 1.61. The summed E-state index contributed by atoms with van der Waals surface area (Å²) in [6, 6.07) is 1.63. The van der Waals surface area contributed by atoms with Crippen molar-refractivity contribution in [3.8, 4) is 0 Å². The first-order chi connectivity index (χ1) is 13.4. The Morgan fingerprint density at radius 2 is 1.82 bits per heavy atom. The number of hydrogen-bond acceptors (Lipinski definition) is 4. The third kappa shape index (κ3) is 2.94. The summed E-state index contributed by atoms with van der Waals surface area (Å²) in [7, 11) is 0. The quantitative estimate of drug-likeness (QED) is 0.616. The average molecular weight is 400 g/mol. The standard InChI is InChI=1S/C21H23ClFN5/c1-10-8-16(22)19(11(2)18(10)23)27-21-26-12(3)25-20-15(9-24-28(20)21)17(13-4-5-13)14-6-7-14/h8-9,13-14,17H,4-7H2,1-3H3,(H,25,26,27). The number of nitrogens with zero attached hydrogens (tertiary/aromatic N) is 4. The molecular weight excluding hydrogens is 377 g/mol. The Labute approximate surface area is 168 Å². The highest BCUT2D eigenvalue weighted by Gasteiger charge is 2.43. The van der Waals surface area contributed by atoms with Crippen LogP contribution in [0.1, 0.15) is 54.1 Å². The van der Waals surface area contributed by atoms with Crippen LogP contribution in [0.3, 0.4) is 0 Å². The normalized spacial score (nSPS) is 16.9. The maximum Gasteiger partial charge on any atom is 0.232 e. The molecule has 2 saturated carbocycles. The molecule has 1 N–H and O–H groups in total. The molecule has 5 nitrogen and oxygen atoms in total. The van der Waals surface area contributed by atoms with Crippen LogP contribution < -0.4 is 5.32 Å². The molecule has 5 rings (SSSR count). The number of anilines is 2. The Bertz CT molecular complexity index is 1070. The first-order valence-electron chi connectivity index (χ1n) is 9.88. The monoisotopic (exact) mass is 399 g/mol. The Morgan fingerprint density at radius 3 is 2.46 bits per heavy atom. The molecule has 1 aromatic carbocycles. The number of aromatic nitrogens is 4. The molecule has 0 amide bonds. The average Bonchev–Trinajstić information content (AvgIpc) is 3.57. The Hall–Kier alpha value is -2.21. The number of rotatable bonds is 5. The zero-order valence-electron chi connectivity index (χ0n) is 16.3. The minimum atomic E-state index is -0.266. The summed E-state index contributed by atoms with van der Waals surface area (Å²) in [4.78, 5) is 9.22. The topological polar surface area (TPSA) is 55.1 Å². The van der Waals surface area contributed by atoms with Gasteiger partial charge in [0.15, 0.2) is 5.65 Å². The van der Waals surface area contributed by atoms with E-state index < -0.39 is 0 Å². The van der Waals surface area contributed by atoms with Crippen molar-refractivity contribution in [1.82, 2.24) is 19.6 Å². The molecule has 0 atom stereocenters. The van der Waals surface area contributed by atoms with Crippen LogP contribution in [-0.2, 0) is 0 Å². The van der Waals surface area contributed by atoms with E-state index in [9.17, 15) is 4.39 Å². The van der Waals surface area contributed by atoms with E-state index in [1.807, 2.05) is 13.1 Å². The second-order valence-corrected chi connectivity index (χ2v) is 8.65. The van der Waals surface area contributed by atoms with E-state index in [0.29, 0.717) is 39.5 Å². The summed E-state index contributed by atoms with van der Waals surface area (Å²) in [6.07, 6.45) is 7.13. The molecule has 0 bridgehead atoms. The third-order valence-corrected chi connectivity index (χ3v) is 6.29. The fourth-order valence-corrected chi connectivity index (χ4v) is 4.65. The molecule has 28 heavy (non-hydrogen) atoms. The SMILES string of the molecule is Cc1nc(Nc2c(Cl)cc(C)c(F)c2C)n2ncc(C(C3CC3)C3CC3)c2n1. The summed E-state index contributed by atoms with van der Waals surface area (Å²) in [5.41, 5.74) is 3.57. The summed E-state index contributed by atoms with van der Waals surface area (Å²) >= 11 is 6.40. The van der Waals surface area contributed by atoms with E-state index in [1.54, 1.807) is 24.4 Å². The van der Waals surface area contributed by atoms with Gasteiger partial charge in [0.05, 0.1) is 16.9 Å². The first-order valence-corrected chi connectivity index (χ1v) is 10.3. The van der Waals surface area contributed by atoms with Crippen LogP contribution in [0, 0.1) is 38.4 Å². The van der Waals surface area contributed by atoms with E-state index in [1.165, 1.54) is 31.2 Å². The van der Waals surface area contributed by atoms with Crippen LogP contribution in [0.4, 0.5) is 16.0 Å². The lowest BCUT2D eigenvalue weighted by molar-refractivity contribution is 0.540. The van der Waals surface area contributed by atoms with Gasteiger partial charge >= 0.3 is 0 Å². The molecule has 2 aromatic heterocycles. The summed E-state index contributed by atoms with van der Waals surface area (Å²) in [6.45, 7) is 5.29. The van der Waals surface area contributed by atoms with Crippen molar-refractivity contribution >= 4 is 28.9 Å². The zero-order chi connectivity index (χ0) is 19.6. The number of halogens is 2. The van der Waals surface area contributed by atoms with Gasteiger partial charge in [-0.25, -0.2) is 9.37 Å². The van der Waals surface area contributed by atoms with Crippen molar-refractivity contribution in [2.45, 2.75) is 52.4 Å². The second kappa shape index (κ2) is 6.41. The van der Waals surface area contributed by atoms with Crippen molar-refractivity contribution < 1.29 is 4.39 Å². The molecule has 2 heterocycles. The maximum atomic E-state index is 14.4. The molecule has 0 saturated heterocycles. The first kappa shape index (κ1) is 17.9. The lowest BCUT2D eigenvalue weighted by Crippen LogP contribution is -2.10. The lowest BCUT2D eigenvalue weighted by atomic mass is 9.91. The number of hydrogen-bond donors (Lipinski definition) is 1. The van der Waals surface area contributed by atoms with Gasteiger partial charge in [-0.1, -0.05) is 11.6 Å². The highest BCUT2D eigenvalue weighted by atomic mass is 35.5. The van der Waals surface area contributed by atoms with Gasteiger partial charge in [-0.3, -0.25) is 0 Å². The van der Waals surface area contributed by atoms with Gasteiger partial charge in [0, 0.05) is 11.1 Å². The van der Waals surface area contributed by atoms with E-state index in [2.05, 4.69) is 15.4 Å². The fraction of sp³-hybridized carbons (Fsp3) is 0.476. The molecule has 2 fully saturated rings. The van der Waals surface area contributed by atoms with Crippen LogP contribution in [-0.4, -0.2) is 19.6 Å². The van der Waals surface area contributed by atoms with Gasteiger partial charge < -0.3 is 5.32 Å². The fourth-order valence-electron chi connectivity index (χ4n) is 4.30. The highest BCUT2D eigenvalue weighted by molar-refractivity contribution is 6.33. The third-order valence-electron chi connectivity index (χ3n) is 6.00. The van der Waals surface area contributed by atoms with Gasteiger partial charge in [-0.2, -0.15) is 14.6 Å². The Morgan fingerprint density at radius 1 is 1.14 bits per heavy atom. The molecular formula is C21H23ClFN5. The highest BCUT2D eigenvalue weighted by Crippen LogP contribution is 2.55. The molecule has 0 spiro atoms. The minimum Gasteiger partial charge on any atom is -0.322 e. The predicted octanol–water partition coefficient (Wildman–Crippen LogP) is 5.49. The van der Waals surface area contributed by atoms with Gasteiger partial charge in [-0.05, 0) is 75.8 Å². The lowest BCUT2D eigenvalue weighted by Gasteiger charge is -2.16. The predicted molar refractivity (Wildman–Crippen MR) is 108 cm³/mol. The zero-order valence-corrected chi connectivity index (χ0v) is 17.0. The van der Waals surface area contributed by atoms with Crippen molar-refractivity contribution in [2.75, 3.05) is 5.32 Å². The molecule has 2 aliphatic carbocycles. The van der Waals surface area contributed by atoms with Gasteiger partial charge in [-0.15, -0.1) is 0 Å². The molecule has 0 aliphatic heterocycles. The van der Waals surface area contributed by atoms with Crippen LogP contribution >= 0.6 is 11.6 Å². The van der Waals surface area contributed by atoms with Crippen molar-refractivity contribution in [2.24, 2.45) is 11.8 Å². The second-order valence-electron chi connectivity index (χ2n) is 8.24. The van der Waals surface area contributed by atoms with E-state index in [4.69, 9.17) is 16.6 Å². The van der Waals surface area contributed by atoms with E-state index in [-0.39, 0.29) is 5.82 Å². The van der Waals surface area contributed by atoms with Crippen LogP contribution in [0.15, 0.2) is 12.3 Å². The summed E-state index contributed by atoms with van der Waals surface area (Å²) in [5, 5.41) is 8.26. The van der Waals surface area contributed by atoms with Crippen molar-refractivity contribution in [3.63, 3.8) is 0 Å². The van der Waals surface area contributed by atoms with Crippen LogP contribution in [0.25, 0.3) is 5.65 Å². The molecule has 0 radical (unpaired) electrons. The largest absolute Gasteiger partial charge is 0.322 e. The maximum absolute atomic E-state index is 14.4. The van der Waals surface area contributed by atoms with Gasteiger partial charge in [0.2, 0.25) is 5.95 Å². The molecule has 0 unspecified atom stereocenters. The number of fused-ring (bicyclic) bond motifs is 1. The van der Waals surface area contributed by atoms with Gasteiger partial charge in [0.1, 0.15) is 11.6 Å². The van der Waals surface area contributed by atoms with E-state index in [0.717, 1.165) is 17.5 Å².